The van der Waals surface area contributed by atoms with Crippen LogP contribution in [0.4, 0.5) is 0 Å². The van der Waals surface area contributed by atoms with Crippen LogP contribution < -0.4 is 0 Å². The SMILES string of the molecule is CN(CCCN=[N+]=[N-])CCc1ccccn1. The van der Waals surface area contributed by atoms with Crippen molar-refractivity contribution < 1.29 is 0 Å². The van der Waals surface area contributed by atoms with Crippen LogP contribution in [0.15, 0.2) is 29.5 Å². The molecule has 1 aromatic rings. The summed E-state index contributed by atoms with van der Waals surface area (Å²) in [6, 6.07) is 5.96. The Labute approximate surface area is 95.7 Å². The molecule has 0 atom stereocenters. The van der Waals surface area contributed by atoms with Crippen molar-refractivity contribution in [3.63, 3.8) is 0 Å². The molecule has 16 heavy (non-hydrogen) atoms. The van der Waals surface area contributed by atoms with Crippen molar-refractivity contribution in [2.75, 3.05) is 26.7 Å². The van der Waals surface area contributed by atoms with Gasteiger partial charge in [0.2, 0.25) is 0 Å². The lowest BCUT2D eigenvalue weighted by atomic mass is 10.2. The van der Waals surface area contributed by atoms with Gasteiger partial charge in [-0.25, -0.2) is 0 Å². The highest BCUT2D eigenvalue weighted by molar-refractivity contribution is 5.03. The summed E-state index contributed by atoms with van der Waals surface area (Å²) in [5.74, 6) is 0. The number of hydrogen-bond donors (Lipinski definition) is 0. The van der Waals surface area contributed by atoms with E-state index in [0.29, 0.717) is 6.54 Å². The number of azide groups is 1. The van der Waals surface area contributed by atoms with Crippen molar-refractivity contribution in [3.05, 3.63) is 40.5 Å². The molecule has 5 heteroatoms. The number of likely N-dealkylation sites (N-methyl/N-ethyl adjacent to an activating group) is 1. The van der Waals surface area contributed by atoms with E-state index in [1.54, 1.807) is 0 Å². The minimum atomic E-state index is 0.574. The van der Waals surface area contributed by atoms with E-state index in [1.165, 1.54) is 0 Å². The standard InChI is InChI=1S/C11H17N5/c1-16(9-4-8-14-15-12)10-6-11-5-2-3-7-13-11/h2-3,5,7H,4,6,8-10H2,1H3. The first-order valence-corrected chi connectivity index (χ1v) is 5.42. The highest BCUT2D eigenvalue weighted by atomic mass is 15.1. The third-order valence-electron chi connectivity index (χ3n) is 2.34. The Hall–Kier alpha value is -1.58. The Morgan fingerprint density at radius 3 is 3.00 bits per heavy atom. The third kappa shape index (κ3) is 5.34. The summed E-state index contributed by atoms with van der Waals surface area (Å²) in [5, 5.41) is 3.50. The van der Waals surface area contributed by atoms with E-state index in [0.717, 1.165) is 31.6 Å². The fraction of sp³-hybridized carbons (Fsp3) is 0.545. The van der Waals surface area contributed by atoms with Crippen molar-refractivity contribution in [2.24, 2.45) is 5.11 Å². The quantitative estimate of drug-likeness (QED) is 0.305. The van der Waals surface area contributed by atoms with Crippen LogP contribution in [0.25, 0.3) is 10.4 Å². The van der Waals surface area contributed by atoms with Crippen molar-refractivity contribution in [3.8, 4) is 0 Å². The number of pyridine rings is 1. The van der Waals surface area contributed by atoms with E-state index in [2.05, 4.69) is 27.0 Å². The molecule has 0 bridgehead atoms. The molecule has 1 rings (SSSR count). The molecule has 0 aliphatic carbocycles. The van der Waals surface area contributed by atoms with Crippen LogP contribution in [0.2, 0.25) is 0 Å². The molecule has 0 saturated carbocycles. The average Bonchev–Trinajstić information content (AvgIpc) is 2.33. The predicted octanol–water partition coefficient (Wildman–Crippen LogP) is 2.26. The maximum atomic E-state index is 8.12. The second-order valence-electron chi connectivity index (χ2n) is 3.68. The van der Waals surface area contributed by atoms with Crippen LogP contribution in [-0.4, -0.2) is 36.6 Å². The van der Waals surface area contributed by atoms with Crippen LogP contribution in [0.3, 0.4) is 0 Å². The highest BCUT2D eigenvalue weighted by Gasteiger charge is 1.99. The lowest BCUT2D eigenvalue weighted by molar-refractivity contribution is 0.334. The van der Waals surface area contributed by atoms with Crippen LogP contribution >= 0.6 is 0 Å². The lowest BCUT2D eigenvalue weighted by Gasteiger charge is -2.15. The molecule has 1 heterocycles. The van der Waals surface area contributed by atoms with Crippen LogP contribution in [0, 0.1) is 0 Å². The summed E-state index contributed by atoms with van der Waals surface area (Å²) in [7, 11) is 2.07. The summed E-state index contributed by atoms with van der Waals surface area (Å²) in [6.07, 6.45) is 3.68. The van der Waals surface area contributed by atoms with Gasteiger partial charge in [0.1, 0.15) is 0 Å². The van der Waals surface area contributed by atoms with Gasteiger partial charge < -0.3 is 4.90 Å². The van der Waals surface area contributed by atoms with Gasteiger partial charge in [-0.2, -0.15) is 0 Å². The Kier molecular flexibility index (Phi) is 5.99. The largest absolute Gasteiger partial charge is 0.306 e. The molecule has 1 aromatic heterocycles. The number of nitrogens with zero attached hydrogens (tertiary/aromatic N) is 5. The fourth-order valence-electron chi connectivity index (χ4n) is 1.42. The van der Waals surface area contributed by atoms with E-state index in [9.17, 15) is 0 Å². The Morgan fingerprint density at radius 2 is 2.31 bits per heavy atom. The van der Waals surface area contributed by atoms with Crippen molar-refractivity contribution in [2.45, 2.75) is 12.8 Å². The summed E-state index contributed by atoms with van der Waals surface area (Å²) >= 11 is 0. The van der Waals surface area contributed by atoms with Gasteiger partial charge in [0.15, 0.2) is 0 Å². The van der Waals surface area contributed by atoms with Gasteiger partial charge in [0.25, 0.3) is 0 Å². The molecule has 0 aromatic carbocycles. The van der Waals surface area contributed by atoms with Crippen LogP contribution in [0.1, 0.15) is 12.1 Å². The molecule has 0 saturated heterocycles. The zero-order valence-corrected chi connectivity index (χ0v) is 9.58. The molecule has 0 unspecified atom stereocenters. The normalized spacial score (nSPS) is 10.1. The number of aromatic nitrogens is 1. The minimum absolute atomic E-state index is 0.574. The first kappa shape index (κ1) is 12.5. The number of rotatable bonds is 7. The zero-order chi connectivity index (χ0) is 11.6. The average molecular weight is 219 g/mol. The summed E-state index contributed by atoms with van der Waals surface area (Å²) in [4.78, 5) is 9.21. The highest BCUT2D eigenvalue weighted by Crippen LogP contribution is 1.97. The Balaban J connectivity index is 2.15. The van der Waals surface area contributed by atoms with Gasteiger partial charge in [-0.15, -0.1) is 0 Å². The molecule has 0 N–H and O–H groups in total. The molecular weight excluding hydrogens is 202 g/mol. The molecule has 0 spiro atoms. The smallest absolute Gasteiger partial charge is 0.0416 e. The molecular formula is C11H17N5. The first-order valence-electron chi connectivity index (χ1n) is 5.42. The molecule has 0 aliphatic heterocycles. The second-order valence-corrected chi connectivity index (χ2v) is 3.68. The van der Waals surface area contributed by atoms with E-state index in [-0.39, 0.29) is 0 Å². The third-order valence-corrected chi connectivity index (χ3v) is 2.34. The summed E-state index contributed by atoms with van der Waals surface area (Å²) in [6.45, 7) is 2.50. The molecule has 0 fully saturated rings. The lowest BCUT2D eigenvalue weighted by Crippen LogP contribution is -2.23. The topological polar surface area (TPSA) is 64.9 Å². The van der Waals surface area contributed by atoms with Crippen LogP contribution in [0.5, 0.6) is 0 Å². The minimum Gasteiger partial charge on any atom is -0.306 e. The molecule has 5 nitrogen and oxygen atoms in total. The molecule has 0 aliphatic rings. The maximum Gasteiger partial charge on any atom is 0.0416 e. The summed E-state index contributed by atoms with van der Waals surface area (Å²) in [5.41, 5.74) is 9.24. The summed E-state index contributed by atoms with van der Waals surface area (Å²) < 4.78 is 0. The van der Waals surface area contributed by atoms with E-state index in [4.69, 9.17) is 5.53 Å². The van der Waals surface area contributed by atoms with Gasteiger partial charge in [0, 0.05) is 36.3 Å². The monoisotopic (exact) mass is 219 g/mol. The van der Waals surface area contributed by atoms with Gasteiger partial charge in [0.05, 0.1) is 0 Å². The van der Waals surface area contributed by atoms with Gasteiger partial charge in [-0.1, -0.05) is 11.2 Å². The number of hydrogen-bond acceptors (Lipinski definition) is 3. The van der Waals surface area contributed by atoms with Gasteiger partial charge in [-0.05, 0) is 37.7 Å². The molecule has 86 valence electrons. The Morgan fingerprint density at radius 1 is 1.44 bits per heavy atom. The maximum absolute atomic E-state index is 8.12. The van der Waals surface area contributed by atoms with Crippen molar-refractivity contribution >= 4 is 0 Å². The van der Waals surface area contributed by atoms with Gasteiger partial charge in [-0.3, -0.25) is 4.98 Å². The zero-order valence-electron chi connectivity index (χ0n) is 9.58. The molecule has 0 radical (unpaired) electrons. The van der Waals surface area contributed by atoms with E-state index >= 15 is 0 Å². The van der Waals surface area contributed by atoms with E-state index in [1.807, 2.05) is 24.4 Å². The van der Waals surface area contributed by atoms with Crippen molar-refractivity contribution in [1.29, 1.82) is 0 Å². The fourth-order valence-corrected chi connectivity index (χ4v) is 1.42. The Bertz CT molecular complexity index is 331. The van der Waals surface area contributed by atoms with Gasteiger partial charge >= 0.3 is 0 Å². The van der Waals surface area contributed by atoms with Crippen molar-refractivity contribution in [1.82, 2.24) is 9.88 Å². The predicted molar refractivity (Wildman–Crippen MR) is 64.1 cm³/mol. The molecule has 0 amide bonds. The van der Waals surface area contributed by atoms with Crippen LogP contribution in [-0.2, 0) is 6.42 Å². The first-order chi connectivity index (χ1) is 7.83. The van der Waals surface area contributed by atoms with E-state index < -0.39 is 0 Å². The second kappa shape index (κ2) is 7.68.